The molecule has 4 rings (SSSR count). The van der Waals surface area contributed by atoms with E-state index in [2.05, 4.69) is 55.4 Å². The molecule has 1 atom stereocenters. The number of imidazole rings is 1. The van der Waals surface area contributed by atoms with Gasteiger partial charge in [0.2, 0.25) is 0 Å². The Bertz CT molecular complexity index is 963. The molecule has 0 amide bonds. The van der Waals surface area contributed by atoms with Crippen LogP contribution < -0.4 is 5.32 Å². The Balaban J connectivity index is 1.80. The standard InChI is InChI=1S/C18H16N6/c1-12-5-4-6-13(9-12)15(14-7-2-3-8-19-14)24-18-16-17(21-10-20-16)22-11-23-18/h2-11,15H,1H3,(H2,20,21,22,23,24). The molecule has 2 N–H and O–H groups in total. The summed E-state index contributed by atoms with van der Waals surface area (Å²) in [6, 6.07) is 14.2. The zero-order valence-corrected chi connectivity index (χ0v) is 13.1. The van der Waals surface area contributed by atoms with Gasteiger partial charge in [0.1, 0.15) is 11.8 Å². The zero-order valence-electron chi connectivity index (χ0n) is 13.1. The molecule has 0 aliphatic heterocycles. The number of aromatic amines is 1. The van der Waals surface area contributed by atoms with Crippen molar-refractivity contribution in [2.45, 2.75) is 13.0 Å². The highest BCUT2D eigenvalue weighted by molar-refractivity contribution is 5.82. The van der Waals surface area contributed by atoms with Gasteiger partial charge in [-0.15, -0.1) is 0 Å². The number of benzene rings is 1. The molecule has 6 heteroatoms. The number of hydrogen-bond acceptors (Lipinski definition) is 5. The van der Waals surface area contributed by atoms with Crippen molar-refractivity contribution in [1.29, 1.82) is 0 Å². The van der Waals surface area contributed by atoms with Gasteiger partial charge in [-0.1, -0.05) is 35.9 Å². The van der Waals surface area contributed by atoms with Gasteiger partial charge in [-0.2, -0.15) is 0 Å². The molecule has 3 aromatic heterocycles. The van der Waals surface area contributed by atoms with E-state index >= 15 is 0 Å². The second-order valence-corrected chi connectivity index (χ2v) is 5.57. The lowest BCUT2D eigenvalue weighted by atomic mass is 10.0. The normalized spacial score (nSPS) is 12.2. The monoisotopic (exact) mass is 316 g/mol. The Labute approximate surface area is 139 Å². The number of fused-ring (bicyclic) bond motifs is 1. The molecule has 1 aromatic carbocycles. The van der Waals surface area contributed by atoms with Crippen LogP contribution in [0.3, 0.4) is 0 Å². The van der Waals surface area contributed by atoms with Crippen molar-refractivity contribution >= 4 is 17.0 Å². The van der Waals surface area contributed by atoms with Crippen molar-refractivity contribution in [3.8, 4) is 0 Å². The van der Waals surface area contributed by atoms with Gasteiger partial charge in [-0.3, -0.25) is 4.98 Å². The number of rotatable bonds is 4. The van der Waals surface area contributed by atoms with Crippen molar-refractivity contribution in [2.75, 3.05) is 5.32 Å². The first-order chi connectivity index (χ1) is 11.8. The Morgan fingerprint density at radius 1 is 1.00 bits per heavy atom. The fraction of sp³-hybridized carbons (Fsp3) is 0.111. The van der Waals surface area contributed by atoms with Crippen LogP contribution >= 0.6 is 0 Å². The highest BCUT2D eigenvalue weighted by Gasteiger charge is 2.18. The fourth-order valence-electron chi connectivity index (χ4n) is 2.74. The highest BCUT2D eigenvalue weighted by Crippen LogP contribution is 2.27. The minimum atomic E-state index is -0.118. The predicted molar refractivity (Wildman–Crippen MR) is 92.6 cm³/mol. The van der Waals surface area contributed by atoms with E-state index in [1.54, 1.807) is 12.5 Å². The lowest BCUT2D eigenvalue weighted by molar-refractivity contribution is 0.877. The maximum atomic E-state index is 4.52. The Morgan fingerprint density at radius 3 is 2.79 bits per heavy atom. The summed E-state index contributed by atoms with van der Waals surface area (Å²) >= 11 is 0. The molecule has 0 saturated heterocycles. The van der Waals surface area contributed by atoms with Crippen LogP contribution in [0.15, 0.2) is 61.3 Å². The number of anilines is 1. The summed E-state index contributed by atoms with van der Waals surface area (Å²) in [5.74, 6) is 0.703. The van der Waals surface area contributed by atoms with Crippen LogP contribution in [-0.2, 0) is 0 Å². The fourth-order valence-corrected chi connectivity index (χ4v) is 2.74. The molecule has 0 bridgehead atoms. The SMILES string of the molecule is Cc1cccc(C(Nc2ncnc3nc[nH]c23)c2ccccn2)c1. The lowest BCUT2D eigenvalue weighted by Crippen LogP contribution is -2.15. The van der Waals surface area contributed by atoms with Crippen molar-refractivity contribution in [2.24, 2.45) is 0 Å². The van der Waals surface area contributed by atoms with Crippen LogP contribution in [0.2, 0.25) is 0 Å². The molecule has 24 heavy (non-hydrogen) atoms. The molecule has 0 radical (unpaired) electrons. The average molecular weight is 316 g/mol. The molecule has 4 aromatic rings. The van der Waals surface area contributed by atoms with Crippen molar-refractivity contribution in [3.05, 3.63) is 78.1 Å². The van der Waals surface area contributed by atoms with Crippen molar-refractivity contribution in [1.82, 2.24) is 24.9 Å². The second kappa shape index (κ2) is 6.08. The minimum absolute atomic E-state index is 0.118. The minimum Gasteiger partial charge on any atom is -0.356 e. The quantitative estimate of drug-likeness (QED) is 0.604. The van der Waals surface area contributed by atoms with Crippen molar-refractivity contribution < 1.29 is 0 Å². The summed E-state index contributed by atoms with van der Waals surface area (Å²) in [4.78, 5) is 20.3. The number of nitrogens with one attached hydrogen (secondary N) is 2. The molecular formula is C18H16N6. The smallest absolute Gasteiger partial charge is 0.182 e. The van der Waals surface area contributed by atoms with E-state index in [9.17, 15) is 0 Å². The second-order valence-electron chi connectivity index (χ2n) is 5.57. The first-order valence-electron chi connectivity index (χ1n) is 7.69. The van der Waals surface area contributed by atoms with Crippen LogP contribution in [0.4, 0.5) is 5.82 Å². The van der Waals surface area contributed by atoms with Crippen LogP contribution in [0.5, 0.6) is 0 Å². The third-order valence-corrected chi connectivity index (χ3v) is 3.86. The van der Waals surface area contributed by atoms with E-state index in [4.69, 9.17) is 0 Å². The van der Waals surface area contributed by atoms with E-state index < -0.39 is 0 Å². The first-order valence-corrected chi connectivity index (χ1v) is 7.69. The summed E-state index contributed by atoms with van der Waals surface area (Å²) < 4.78 is 0. The van der Waals surface area contributed by atoms with Gasteiger partial charge < -0.3 is 10.3 Å². The summed E-state index contributed by atoms with van der Waals surface area (Å²) in [5.41, 5.74) is 4.67. The number of nitrogens with zero attached hydrogens (tertiary/aromatic N) is 4. The largest absolute Gasteiger partial charge is 0.356 e. The zero-order chi connectivity index (χ0) is 16.4. The summed E-state index contributed by atoms with van der Waals surface area (Å²) in [6.45, 7) is 2.08. The van der Waals surface area contributed by atoms with Gasteiger partial charge in [0, 0.05) is 6.20 Å². The summed E-state index contributed by atoms with van der Waals surface area (Å²) in [5, 5.41) is 3.48. The van der Waals surface area contributed by atoms with E-state index in [0.29, 0.717) is 11.5 Å². The molecule has 0 aliphatic carbocycles. The number of hydrogen-bond donors (Lipinski definition) is 2. The van der Waals surface area contributed by atoms with Gasteiger partial charge in [-0.05, 0) is 24.6 Å². The van der Waals surface area contributed by atoms with E-state index in [1.165, 1.54) is 11.9 Å². The molecule has 0 spiro atoms. The Morgan fingerprint density at radius 2 is 1.96 bits per heavy atom. The maximum Gasteiger partial charge on any atom is 0.182 e. The van der Waals surface area contributed by atoms with Gasteiger partial charge in [0.05, 0.1) is 18.1 Å². The lowest BCUT2D eigenvalue weighted by Gasteiger charge is -2.20. The van der Waals surface area contributed by atoms with Crippen LogP contribution in [-0.4, -0.2) is 24.9 Å². The Hall–Kier alpha value is -3.28. The van der Waals surface area contributed by atoms with Crippen LogP contribution in [0, 0.1) is 6.92 Å². The molecule has 1 unspecified atom stereocenters. The molecule has 118 valence electrons. The molecule has 0 fully saturated rings. The third kappa shape index (κ3) is 2.69. The van der Waals surface area contributed by atoms with Gasteiger partial charge >= 0.3 is 0 Å². The van der Waals surface area contributed by atoms with Crippen LogP contribution in [0.25, 0.3) is 11.2 Å². The number of aromatic nitrogens is 5. The summed E-state index contributed by atoms with van der Waals surface area (Å²) in [6.07, 6.45) is 4.93. The van der Waals surface area contributed by atoms with Gasteiger partial charge in [0.25, 0.3) is 0 Å². The predicted octanol–water partition coefficient (Wildman–Crippen LogP) is 3.26. The highest BCUT2D eigenvalue weighted by atomic mass is 15.1. The van der Waals surface area contributed by atoms with E-state index in [1.807, 2.05) is 24.3 Å². The average Bonchev–Trinajstić information content (AvgIpc) is 3.10. The molecule has 0 aliphatic rings. The number of pyridine rings is 1. The molecule has 6 nitrogen and oxygen atoms in total. The van der Waals surface area contributed by atoms with Gasteiger partial charge in [0.15, 0.2) is 11.5 Å². The number of aryl methyl sites for hydroxylation is 1. The first kappa shape index (κ1) is 14.3. The van der Waals surface area contributed by atoms with Crippen LogP contribution in [0.1, 0.15) is 22.9 Å². The van der Waals surface area contributed by atoms with Gasteiger partial charge in [-0.25, -0.2) is 15.0 Å². The topological polar surface area (TPSA) is 79.4 Å². The number of H-pyrrole nitrogens is 1. The molecule has 3 heterocycles. The Kier molecular flexibility index (Phi) is 3.63. The maximum absolute atomic E-state index is 4.52. The summed E-state index contributed by atoms with van der Waals surface area (Å²) in [7, 11) is 0. The van der Waals surface area contributed by atoms with E-state index in [-0.39, 0.29) is 6.04 Å². The van der Waals surface area contributed by atoms with Crippen molar-refractivity contribution in [3.63, 3.8) is 0 Å². The molecular weight excluding hydrogens is 300 g/mol. The third-order valence-electron chi connectivity index (χ3n) is 3.86. The van der Waals surface area contributed by atoms with E-state index in [0.717, 1.165) is 16.8 Å². The molecule has 0 saturated carbocycles.